The van der Waals surface area contributed by atoms with E-state index in [4.69, 9.17) is 0 Å². The maximum atomic E-state index is 12.5. The van der Waals surface area contributed by atoms with Crippen molar-refractivity contribution in [3.63, 3.8) is 0 Å². The average molecular weight is 274 g/mol. The largest absolute Gasteiger partial charge is 0.384 e. The maximum Gasteiger partial charge on any atom is 0.225 e. The molecule has 2 rings (SSSR count). The second kappa shape index (κ2) is 6.29. The van der Waals surface area contributed by atoms with Crippen LogP contribution in [0.5, 0.6) is 0 Å². The number of amides is 1. The summed E-state index contributed by atoms with van der Waals surface area (Å²) in [6.45, 7) is 7.20. The first-order valence-corrected chi connectivity index (χ1v) is 7.78. The van der Waals surface area contributed by atoms with Crippen LogP contribution in [0.25, 0.3) is 0 Å². The molecule has 1 amide bonds. The molecular weight excluding hydrogens is 248 g/mol. The molecule has 0 fully saturated rings. The van der Waals surface area contributed by atoms with E-state index in [1.165, 1.54) is 11.3 Å². The molecule has 0 saturated heterocycles. The summed E-state index contributed by atoms with van der Waals surface area (Å²) in [7, 11) is 0. The molecular formula is C17H26N2O. The van der Waals surface area contributed by atoms with Crippen LogP contribution >= 0.6 is 0 Å². The third-order valence-electron chi connectivity index (χ3n) is 4.81. The van der Waals surface area contributed by atoms with E-state index in [-0.39, 0.29) is 17.4 Å². The number of benzene rings is 1. The van der Waals surface area contributed by atoms with Gasteiger partial charge in [-0.25, -0.2) is 0 Å². The SMILES string of the molecule is CCC(CC)(CC)NC(=O)C1CNc2ccccc2C1. The van der Waals surface area contributed by atoms with Crippen molar-refractivity contribution in [1.82, 2.24) is 5.32 Å². The summed E-state index contributed by atoms with van der Waals surface area (Å²) in [5.41, 5.74) is 2.38. The van der Waals surface area contributed by atoms with Gasteiger partial charge in [0.15, 0.2) is 0 Å². The van der Waals surface area contributed by atoms with Crippen molar-refractivity contribution in [3.8, 4) is 0 Å². The van der Waals surface area contributed by atoms with Crippen LogP contribution in [0.2, 0.25) is 0 Å². The van der Waals surface area contributed by atoms with Gasteiger partial charge in [-0.05, 0) is 37.3 Å². The first-order valence-electron chi connectivity index (χ1n) is 7.78. The highest BCUT2D eigenvalue weighted by Crippen LogP contribution is 2.26. The topological polar surface area (TPSA) is 41.1 Å². The number of fused-ring (bicyclic) bond motifs is 1. The molecule has 1 atom stereocenters. The number of carbonyl (C=O) groups excluding carboxylic acids is 1. The second-order valence-corrected chi connectivity index (χ2v) is 5.77. The Balaban J connectivity index is 2.05. The van der Waals surface area contributed by atoms with Crippen LogP contribution in [0.1, 0.15) is 45.6 Å². The number of nitrogens with one attached hydrogen (secondary N) is 2. The fraction of sp³-hybridized carbons (Fsp3) is 0.588. The van der Waals surface area contributed by atoms with Gasteiger partial charge in [0, 0.05) is 17.8 Å². The summed E-state index contributed by atoms with van der Waals surface area (Å²) in [5.74, 6) is 0.228. The minimum absolute atomic E-state index is 0.0337. The molecule has 0 aliphatic carbocycles. The second-order valence-electron chi connectivity index (χ2n) is 5.77. The molecule has 0 aromatic heterocycles. The number of para-hydroxylation sites is 1. The molecule has 110 valence electrons. The molecule has 1 aliphatic heterocycles. The standard InChI is InChI=1S/C17H26N2O/c1-4-17(5-2,6-3)19-16(20)14-11-13-9-7-8-10-15(13)18-12-14/h7-10,14,18H,4-6,11-12H2,1-3H3,(H,19,20). The van der Waals surface area contributed by atoms with Crippen molar-refractivity contribution >= 4 is 11.6 Å². The molecule has 0 radical (unpaired) electrons. The Bertz CT molecular complexity index is 458. The van der Waals surface area contributed by atoms with Gasteiger partial charge in [-0.1, -0.05) is 39.0 Å². The Morgan fingerprint density at radius 1 is 1.25 bits per heavy atom. The van der Waals surface area contributed by atoms with Crippen molar-refractivity contribution in [1.29, 1.82) is 0 Å². The van der Waals surface area contributed by atoms with Gasteiger partial charge in [0.25, 0.3) is 0 Å². The van der Waals surface area contributed by atoms with Gasteiger partial charge >= 0.3 is 0 Å². The molecule has 1 aromatic carbocycles. The van der Waals surface area contributed by atoms with Gasteiger partial charge in [0.1, 0.15) is 0 Å². The monoisotopic (exact) mass is 274 g/mol. The lowest BCUT2D eigenvalue weighted by Gasteiger charge is -2.35. The van der Waals surface area contributed by atoms with Gasteiger partial charge in [-0.3, -0.25) is 4.79 Å². The molecule has 1 heterocycles. The zero-order valence-electron chi connectivity index (χ0n) is 12.8. The Kier molecular flexibility index (Phi) is 4.69. The number of rotatable bonds is 5. The van der Waals surface area contributed by atoms with Gasteiger partial charge < -0.3 is 10.6 Å². The molecule has 0 saturated carbocycles. The van der Waals surface area contributed by atoms with E-state index in [0.29, 0.717) is 0 Å². The van der Waals surface area contributed by atoms with Crippen molar-refractivity contribution in [2.24, 2.45) is 5.92 Å². The van der Waals surface area contributed by atoms with Crippen LogP contribution in [0.15, 0.2) is 24.3 Å². The predicted molar refractivity (Wildman–Crippen MR) is 83.9 cm³/mol. The van der Waals surface area contributed by atoms with Gasteiger partial charge in [-0.15, -0.1) is 0 Å². The summed E-state index contributed by atoms with van der Waals surface area (Å²) >= 11 is 0. The summed E-state index contributed by atoms with van der Waals surface area (Å²) in [4.78, 5) is 12.5. The number of carbonyl (C=O) groups is 1. The van der Waals surface area contributed by atoms with Crippen LogP contribution in [0.4, 0.5) is 5.69 Å². The first-order chi connectivity index (χ1) is 9.64. The van der Waals surface area contributed by atoms with Crippen molar-refractivity contribution in [3.05, 3.63) is 29.8 Å². The van der Waals surface area contributed by atoms with E-state index < -0.39 is 0 Å². The predicted octanol–water partition coefficient (Wildman–Crippen LogP) is 3.36. The molecule has 1 unspecified atom stereocenters. The Hall–Kier alpha value is -1.51. The quantitative estimate of drug-likeness (QED) is 0.864. The van der Waals surface area contributed by atoms with Crippen LogP contribution in [0, 0.1) is 5.92 Å². The fourth-order valence-corrected chi connectivity index (χ4v) is 3.01. The summed E-state index contributed by atoms with van der Waals surface area (Å²) in [5, 5.41) is 6.67. The smallest absolute Gasteiger partial charge is 0.225 e. The minimum atomic E-state index is -0.0337. The van der Waals surface area contributed by atoms with Crippen molar-refractivity contribution < 1.29 is 4.79 Å². The summed E-state index contributed by atoms with van der Waals surface area (Å²) < 4.78 is 0. The van der Waals surface area contributed by atoms with E-state index in [1.54, 1.807) is 0 Å². The molecule has 1 aromatic rings. The van der Waals surface area contributed by atoms with Crippen LogP contribution < -0.4 is 10.6 Å². The average Bonchev–Trinajstić information content (AvgIpc) is 2.52. The summed E-state index contributed by atoms with van der Waals surface area (Å²) in [6.07, 6.45) is 3.80. The Labute approximate surface area is 122 Å². The van der Waals surface area contributed by atoms with Gasteiger partial charge in [0.05, 0.1) is 5.92 Å². The van der Waals surface area contributed by atoms with Crippen LogP contribution in [-0.4, -0.2) is 18.0 Å². The number of hydrogen-bond acceptors (Lipinski definition) is 2. The normalized spacial score (nSPS) is 18.1. The van der Waals surface area contributed by atoms with E-state index in [2.05, 4.69) is 43.5 Å². The van der Waals surface area contributed by atoms with Crippen molar-refractivity contribution in [2.45, 2.75) is 52.0 Å². The highest BCUT2D eigenvalue weighted by Gasteiger charge is 2.31. The van der Waals surface area contributed by atoms with E-state index >= 15 is 0 Å². The lowest BCUT2D eigenvalue weighted by molar-refractivity contribution is -0.126. The lowest BCUT2D eigenvalue weighted by atomic mass is 9.87. The lowest BCUT2D eigenvalue weighted by Crippen LogP contribution is -2.51. The van der Waals surface area contributed by atoms with Gasteiger partial charge in [0.2, 0.25) is 5.91 Å². The summed E-state index contributed by atoms with van der Waals surface area (Å²) in [6, 6.07) is 8.25. The Morgan fingerprint density at radius 2 is 1.90 bits per heavy atom. The third kappa shape index (κ3) is 2.97. The number of anilines is 1. The first kappa shape index (κ1) is 14.9. The minimum Gasteiger partial charge on any atom is -0.384 e. The zero-order valence-corrected chi connectivity index (χ0v) is 12.8. The maximum absolute atomic E-state index is 12.5. The molecule has 20 heavy (non-hydrogen) atoms. The van der Waals surface area contributed by atoms with E-state index in [0.717, 1.165) is 32.2 Å². The van der Waals surface area contributed by atoms with Gasteiger partial charge in [-0.2, -0.15) is 0 Å². The molecule has 2 N–H and O–H groups in total. The van der Waals surface area contributed by atoms with Crippen molar-refractivity contribution in [2.75, 3.05) is 11.9 Å². The van der Waals surface area contributed by atoms with E-state index in [9.17, 15) is 4.79 Å². The highest BCUT2D eigenvalue weighted by atomic mass is 16.2. The fourth-order valence-electron chi connectivity index (χ4n) is 3.01. The Morgan fingerprint density at radius 3 is 2.55 bits per heavy atom. The molecule has 0 bridgehead atoms. The molecule has 3 nitrogen and oxygen atoms in total. The third-order valence-corrected chi connectivity index (χ3v) is 4.81. The highest BCUT2D eigenvalue weighted by molar-refractivity contribution is 5.81. The molecule has 0 spiro atoms. The van der Waals surface area contributed by atoms with Crippen LogP contribution in [-0.2, 0) is 11.2 Å². The van der Waals surface area contributed by atoms with Crippen LogP contribution in [0.3, 0.4) is 0 Å². The van der Waals surface area contributed by atoms with E-state index in [1.807, 2.05) is 12.1 Å². The molecule has 1 aliphatic rings. The number of hydrogen-bond donors (Lipinski definition) is 2. The molecule has 3 heteroatoms. The zero-order chi connectivity index (χ0) is 14.6.